The van der Waals surface area contributed by atoms with Gasteiger partial charge in [0.05, 0.1) is 18.4 Å². The van der Waals surface area contributed by atoms with Crippen LogP contribution in [0.25, 0.3) is 0 Å². The van der Waals surface area contributed by atoms with E-state index in [0.29, 0.717) is 26.1 Å². The zero-order valence-electron chi connectivity index (χ0n) is 12.2. The molecular formula is C16H21NO4. The van der Waals surface area contributed by atoms with Crippen LogP contribution in [0.2, 0.25) is 0 Å². The van der Waals surface area contributed by atoms with E-state index in [4.69, 9.17) is 9.84 Å². The highest BCUT2D eigenvalue weighted by Gasteiger charge is 2.36. The monoisotopic (exact) mass is 291 g/mol. The van der Waals surface area contributed by atoms with Crippen LogP contribution in [0, 0.1) is 6.92 Å². The molecule has 1 aromatic carbocycles. The standard InChI is InChI=1S/C16H21NO4/c1-12-2-4-13(5-3-12)10-14(18)17-16(11-15(19)20)6-8-21-9-7-16/h2-5H,6-11H2,1H3,(H,17,18)(H,19,20). The number of ether oxygens (including phenoxy) is 1. The molecule has 2 N–H and O–H groups in total. The first-order chi connectivity index (χ1) is 9.99. The second-order valence-corrected chi connectivity index (χ2v) is 5.67. The van der Waals surface area contributed by atoms with Crippen LogP contribution in [0.4, 0.5) is 0 Å². The van der Waals surface area contributed by atoms with Gasteiger partial charge >= 0.3 is 5.97 Å². The quantitative estimate of drug-likeness (QED) is 0.865. The first-order valence-corrected chi connectivity index (χ1v) is 7.15. The van der Waals surface area contributed by atoms with Gasteiger partial charge in [0.15, 0.2) is 0 Å². The number of aryl methyl sites for hydroxylation is 1. The van der Waals surface area contributed by atoms with Crippen molar-refractivity contribution in [1.82, 2.24) is 5.32 Å². The number of carboxylic acids is 1. The van der Waals surface area contributed by atoms with Gasteiger partial charge in [0, 0.05) is 13.2 Å². The molecule has 1 heterocycles. The Kier molecular flexibility index (Phi) is 4.96. The fourth-order valence-corrected chi connectivity index (χ4v) is 2.63. The zero-order valence-corrected chi connectivity index (χ0v) is 12.2. The van der Waals surface area contributed by atoms with Gasteiger partial charge in [-0.15, -0.1) is 0 Å². The van der Waals surface area contributed by atoms with Gasteiger partial charge in [-0.3, -0.25) is 9.59 Å². The molecule has 0 saturated carbocycles. The molecular weight excluding hydrogens is 270 g/mol. The molecule has 0 radical (unpaired) electrons. The maximum atomic E-state index is 12.2. The smallest absolute Gasteiger partial charge is 0.305 e. The highest BCUT2D eigenvalue weighted by molar-refractivity contribution is 5.80. The van der Waals surface area contributed by atoms with Crippen molar-refractivity contribution in [2.45, 2.75) is 38.1 Å². The van der Waals surface area contributed by atoms with E-state index in [0.717, 1.165) is 11.1 Å². The third-order valence-corrected chi connectivity index (χ3v) is 3.83. The zero-order chi connectivity index (χ0) is 15.3. The Balaban J connectivity index is 2.00. The number of hydrogen-bond acceptors (Lipinski definition) is 3. The number of hydrogen-bond donors (Lipinski definition) is 2. The lowest BCUT2D eigenvalue weighted by Gasteiger charge is -2.36. The number of amides is 1. The lowest BCUT2D eigenvalue weighted by molar-refractivity contribution is -0.140. The van der Waals surface area contributed by atoms with E-state index in [9.17, 15) is 9.59 Å². The SMILES string of the molecule is Cc1ccc(CC(=O)NC2(CC(=O)O)CCOCC2)cc1. The molecule has 1 fully saturated rings. The summed E-state index contributed by atoms with van der Waals surface area (Å²) in [6, 6.07) is 7.76. The largest absolute Gasteiger partial charge is 0.481 e. The lowest BCUT2D eigenvalue weighted by Crippen LogP contribution is -2.53. The van der Waals surface area contributed by atoms with Crippen LogP contribution in [-0.4, -0.2) is 35.7 Å². The van der Waals surface area contributed by atoms with Crippen LogP contribution in [0.15, 0.2) is 24.3 Å². The van der Waals surface area contributed by atoms with E-state index in [1.165, 1.54) is 0 Å². The molecule has 5 heteroatoms. The third-order valence-electron chi connectivity index (χ3n) is 3.83. The van der Waals surface area contributed by atoms with E-state index in [1.54, 1.807) is 0 Å². The van der Waals surface area contributed by atoms with Crippen molar-refractivity contribution >= 4 is 11.9 Å². The minimum Gasteiger partial charge on any atom is -0.481 e. The molecule has 0 aliphatic carbocycles. The maximum Gasteiger partial charge on any atom is 0.305 e. The van der Waals surface area contributed by atoms with Crippen molar-refractivity contribution in [2.75, 3.05) is 13.2 Å². The van der Waals surface area contributed by atoms with E-state index in [1.807, 2.05) is 31.2 Å². The highest BCUT2D eigenvalue weighted by Crippen LogP contribution is 2.24. The normalized spacial score (nSPS) is 17.2. The number of rotatable bonds is 5. The van der Waals surface area contributed by atoms with E-state index in [2.05, 4.69) is 5.32 Å². The number of carbonyl (C=O) groups is 2. The summed E-state index contributed by atoms with van der Waals surface area (Å²) in [5, 5.41) is 12.0. The number of benzene rings is 1. The highest BCUT2D eigenvalue weighted by atomic mass is 16.5. The van der Waals surface area contributed by atoms with Crippen molar-refractivity contribution in [3.05, 3.63) is 35.4 Å². The Morgan fingerprint density at radius 1 is 1.24 bits per heavy atom. The fraction of sp³-hybridized carbons (Fsp3) is 0.500. The molecule has 0 unspecified atom stereocenters. The third kappa shape index (κ3) is 4.56. The number of aliphatic carboxylic acids is 1. The Bertz CT molecular complexity index is 504. The average molecular weight is 291 g/mol. The molecule has 0 bridgehead atoms. The van der Waals surface area contributed by atoms with Crippen molar-refractivity contribution in [2.24, 2.45) is 0 Å². The van der Waals surface area contributed by atoms with Crippen LogP contribution in [-0.2, 0) is 20.7 Å². The maximum absolute atomic E-state index is 12.2. The summed E-state index contributed by atoms with van der Waals surface area (Å²) < 4.78 is 5.28. The molecule has 5 nitrogen and oxygen atoms in total. The van der Waals surface area contributed by atoms with Crippen molar-refractivity contribution in [1.29, 1.82) is 0 Å². The van der Waals surface area contributed by atoms with E-state index >= 15 is 0 Å². The fourth-order valence-electron chi connectivity index (χ4n) is 2.63. The van der Waals surface area contributed by atoms with E-state index in [-0.39, 0.29) is 18.7 Å². The first kappa shape index (κ1) is 15.5. The van der Waals surface area contributed by atoms with Crippen molar-refractivity contribution < 1.29 is 19.4 Å². The second kappa shape index (κ2) is 6.72. The Hall–Kier alpha value is -1.88. The van der Waals surface area contributed by atoms with Crippen LogP contribution in [0.3, 0.4) is 0 Å². The van der Waals surface area contributed by atoms with Gasteiger partial charge in [-0.05, 0) is 25.3 Å². The number of carboxylic acid groups (broad SMARTS) is 1. The minimum atomic E-state index is -0.896. The summed E-state index contributed by atoms with van der Waals surface area (Å²) in [5.74, 6) is -1.03. The Morgan fingerprint density at radius 2 is 1.86 bits per heavy atom. The Morgan fingerprint density at radius 3 is 2.43 bits per heavy atom. The summed E-state index contributed by atoms with van der Waals surface area (Å²) >= 11 is 0. The van der Waals surface area contributed by atoms with Gasteiger partial charge in [-0.25, -0.2) is 0 Å². The van der Waals surface area contributed by atoms with E-state index < -0.39 is 11.5 Å². The van der Waals surface area contributed by atoms with Gasteiger partial charge in [-0.2, -0.15) is 0 Å². The van der Waals surface area contributed by atoms with Crippen LogP contribution in [0.1, 0.15) is 30.4 Å². The molecule has 114 valence electrons. The molecule has 21 heavy (non-hydrogen) atoms. The molecule has 0 atom stereocenters. The first-order valence-electron chi connectivity index (χ1n) is 7.15. The molecule has 0 aromatic heterocycles. The number of nitrogens with one attached hydrogen (secondary N) is 1. The summed E-state index contributed by atoms with van der Waals surface area (Å²) in [7, 11) is 0. The number of carbonyl (C=O) groups excluding carboxylic acids is 1. The molecule has 0 spiro atoms. The molecule has 1 saturated heterocycles. The van der Waals surface area contributed by atoms with Gasteiger partial charge < -0.3 is 15.2 Å². The summed E-state index contributed by atoms with van der Waals surface area (Å²) in [4.78, 5) is 23.3. The van der Waals surface area contributed by atoms with Gasteiger partial charge in [-0.1, -0.05) is 29.8 Å². The molecule has 1 aliphatic rings. The van der Waals surface area contributed by atoms with Crippen LogP contribution in [0.5, 0.6) is 0 Å². The summed E-state index contributed by atoms with van der Waals surface area (Å²) in [5.41, 5.74) is 1.40. The predicted molar refractivity (Wildman–Crippen MR) is 78.1 cm³/mol. The minimum absolute atomic E-state index is 0.0595. The van der Waals surface area contributed by atoms with Crippen molar-refractivity contribution in [3.8, 4) is 0 Å². The molecule has 1 aliphatic heterocycles. The van der Waals surface area contributed by atoms with Crippen LogP contribution < -0.4 is 5.32 Å². The molecule has 1 aromatic rings. The summed E-state index contributed by atoms with van der Waals surface area (Å²) in [6.07, 6.45) is 1.29. The van der Waals surface area contributed by atoms with Gasteiger partial charge in [0.25, 0.3) is 0 Å². The van der Waals surface area contributed by atoms with Gasteiger partial charge in [0.1, 0.15) is 0 Å². The second-order valence-electron chi connectivity index (χ2n) is 5.67. The summed E-state index contributed by atoms with van der Waals surface area (Å²) in [6.45, 7) is 2.96. The van der Waals surface area contributed by atoms with Crippen molar-refractivity contribution in [3.63, 3.8) is 0 Å². The predicted octanol–water partition coefficient (Wildman–Crippen LogP) is 1.68. The average Bonchev–Trinajstić information content (AvgIpc) is 2.41. The van der Waals surface area contributed by atoms with Gasteiger partial charge in [0.2, 0.25) is 5.91 Å². The Labute approximate surface area is 124 Å². The molecule has 1 amide bonds. The molecule has 2 rings (SSSR count). The topological polar surface area (TPSA) is 75.6 Å². The lowest BCUT2D eigenvalue weighted by atomic mass is 9.86. The van der Waals surface area contributed by atoms with Crippen LogP contribution >= 0.6 is 0 Å².